The lowest BCUT2D eigenvalue weighted by Gasteiger charge is -2.35. The lowest BCUT2D eigenvalue weighted by atomic mass is 9.99. The van der Waals surface area contributed by atoms with Crippen LogP contribution in [0.2, 0.25) is 0 Å². The summed E-state index contributed by atoms with van der Waals surface area (Å²) in [6.07, 6.45) is 3.05. The van der Waals surface area contributed by atoms with Crippen molar-refractivity contribution in [1.82, 2.24) is 10.2 Å². The van der Waals surface area contributed by atoms with Crippen molar-refractivity contribution in [3.05, 3.63) is 0 Å². The van der Waals surface area contributed by atoms with Crippen LogP contribution in [-0.4, -0.2) is 43.0 Å². The Kier molecular flexibility index (Phi) is 8.56. The molecule has 1 heterocycles. The van der Waals surface area contributed by atoms with E-state index in [1.807, 2.05) is 0 Å². The largest absolute Gasteiger partial charge is 0.355 e. The third-order valence-corrected chi connectivity index (χ3v) is 3.28. The van der Waals surface area contributed by atoms with Gasteiger partial charge in [0.05, 0.1) is 0 Å². The van der Waals surface area contributed by atoms with E-state index in [1.54, 1.807) is 0 Å². The molecule has 4 nitrogen and oxygen atoms in total. The number of piperidine rings is 1. The van der Waals surface area contributed by atoms with E-state index in [1.165, 1.54) is 12.8 Å². The van der Waals surface area contributed by atoms with Crippen LogP contribution >= 0.6 is 12.4 Å². The number of hydrogen-bond donors (Lipinski definition) is 2. The van der Waals surface area contributed by atoms with Crippen molar-refractivity contribution in [2.75, 3.05) is 26.2 Å². The van der Waals surface area contributed by atoms with E-state index in [9.17, 15) is 4.79 Å². The van der Waals surface area contributed by atoms with Gasteiger partial charge in [0, 0.05) is 32.1 Å². The van der Waals surface area contributed by atoms with Crippen molar-refractivity contribution < 1.29 is 4.79 Å². The molecule has 0 spiro atoms. The van der Waals surface area contributed by atoms with Crippen LogP contribution in [0.25, 0.3) is 0 Å². The fourth-order valence-corrected chi connectivity index (χ4v) is 2.24. The molecule has 1 rings (SSSR count). The lowest BCUT2D eigenvalue weighted by molar-refractivity contribution is -0.121. The molecule has 0 aliphatic carbocycles. The van der Waals surface area contributed by atoms with E-state index >= 15 is 0 Å². The molecule has 5 heteroatoms. The fraction of sp³-hybridized carbons (Fsp3) is 0.917. The van der Waals surface area contributed by atoms with Crippen molar-refractivity contribution in [1.29, 1.82) is 0 Å². The molecule has 0 aromatic rings. The number of halogens is 1. The number of nitrogens with two attached hydrogens (primary N) is 1. The van der Waals surface area contributed by atoms with Gasteiger partial charge in [-0.2, -0.15) is 0 Å². The SMILES string of the molecule is CC1CCCN(C(C)CNC(=O)CCN)C1.Cl. The summed E-state index contributed by atoms with van der Waals surface area (Å²) in [6, 6.07) is 0.435. The van der Waals surface area contributed by atoms with Crippen molar-refractivity contribution in [2.45, 2.75) is 39.2 Å². The molecule has 2 unspecified atom stereocenters. The maximum atomic E-state index is 11.3. The Labute approximate surface area is 111 Å². The summed E-state index contributed by atoms with van der Waals surface area (Å²) in [5.74, 6) is 0.857. The van der Waals surface area contributed by atoms with Gasteiger partial charge in [0.25, 0.3) is 0 Å². The highest BCUT2D eigenvalue weighted by molar-refractivity contribution is 5.85. The third kappa shape index (κ3) is 6.24. The molecule has 0 aromatic carbocycles. The molecule has 0 radical (unpaired) electrons. The highest BCUT2D eigenvalue weighted by atomic mass is 35.5. The molecule has 17 heavy (non-hydrogen) atoms. The average Bonchev–Trinajstić information content (AvgIpc) is 2.26. The molecule has 1 aliphatic rings. The predicted molar refractivity (Wildman–Crippen MR) is 73.4 cm³/mol. The average molecular weight is 264 g/mol. The zero-order valence-corrected chi connectivity index (χ0v) is 11.8. The Bertz CT molecular complexity index is 226. The molecule has 3 N–H and O–H groups in total. The molecule has 1 fully saturated rings. The highest BCUT2D eigenvalue weighted by Gasteiger charge is 2.20. The van der Waals surface area contributed by atoms with E-state index in [-0.39, 0.29) is 18.3 Å². The van der Waals surface area contributed by atoms with Crippen molar-refractivity contribution in [3.8, 4) is 0 Å². The zero-order valence-electron chi connectivity index (χ0n) is 10.9. The normalized spacial score (nSPS) is 22.6. The van der Waals surface area contributed by atoms with Gasteiger partial charge in [-0.3, -0.25) is 9.69 Å². The van der Waals surface area contributed by atoms with Crippen molar-refractivity contribution in [2.24, 2.45) is 11.7 Å². The van der Waals surface area contributed by atoms with Crippen molar-refractivity contribution >= 4 is 18.3 Å². The van der Waals surface area contributed by atoms with Gasteiger partial charge in [0.1, 0.15) is 0 Å². The molecule has 0 aromatic heterocycles. The Balaban J connectivity index is 0.00000256. The summed E-state index contributed by atoms with van der Waals surface area (Å²) in [6.45, 7) is 7.98. The molecule has 1 saturated heterocycles. The standard InChI is InChI=1S/C12H25N3O.ClH/c1-10-4-3-7-15(9-10)11(2)8-14-12(16)5-6-13;/h10-11H,3-9,13H2,1-2H3,(H,14,16);1H. The quantitative estimate of drug-likeness (QED) is 0.778. The van der Waals surface area contributed by atoms with Crippen LogP contribution in [0, 0.1) is 5.92 Å². The Morgan fingerprint density at radius 3 is 2.88 bits per heavy atom. The minimum absolute atomic E-state index is 0. The van der Waals surface area contributed by atoms with E-state index in [0.29, 0.717) is 19.0 Å². The summed E-state index contributed by atoms with van der Waals surface area (Å²) in [5, 5.41) is 2.93. The van der Waals surface area contributed by atoms with Gasteiger partial charge < -0.3 is 11.1 Å². The topological polar surface area (TPSA) is 58.4 Å². The van der Waals surface area contributed by atoms with Gasteiger partial charge in [-0.15, -0.1) is 12.4 Å². The van der Waals surface area contributed by atoms with Crippen LogP contribution in [0.4, 0.5) is 0 Å². The monoisotopic (exact) mass is 263 g/mol. The predicted octanol–water partition coefficient (Wildman–Crippen LogP) is 0.994. The molecule has 0 saturated carbocycles. The van der Waals surface area contributed by atoms with Gasteiger partial charge in [-0.1, -0.05) is 6.92 Å². The Morgan fingerprint density at radius 2 is 2.29 bits per heavy atom. The second kappa shape index (κ2) is 8.72. The first-order valence-electron chi connectivity index (χ1n) is 6.34. The number of likely N-dealkylation sites (tertiary alicyclic amines) is 1. The van der Waals surface area contributed by atoms with Crippen LogP contribution in [0.3, 0.4) is 0 Å². The van der Waals surface area contributed by atoms with Crippen LogP contribution < -0.4 is 11.1 Å². The number of amides is 1. The lowest BCUT2D eigenvalue weighted by Crippen LogP contribution is -2.46. The number of hydrogen-bond acceptors (Lipinski definition) is 3. The maximum absolute atomic E-state index is 11.3. The first kappa shape index (κ1) is 16.7. The second-order valence-corrected chi connectivity index (χ2v) is 4.93. The van der Waals surface area contributed by atoms with Gasteiger partial charge in [0.15, 0.2) is 0 Å². The van der Waals surface area contributed by atoms with E-state index in [0.717, 1.165) is 25.6 Å². The number of nitrogens with zero attached hydrogens (tertiary/aromatic N) is 1. The van der Waals surface area contributed by atoms with Gasteiger partial charge in [0.2, 0.25) is 5.91 Å². The minimum Gasteiger partial charge on any atom is -0.355 e. The molecule has 102 valence electrons. The fourth-order valence-electron chi connectivity index (χ4n) is 2.24. The molecule has 0 bridgehead atoms. The first-order valence-corrected chi connectivity index (χ1v) is 6.34. The number of nitrogens with one attached hydrogen (secondary N) is 1. The summed E-state index contributed by atoms with van der Waals surface area (Å²) in [7, 11) is 0. The molecule has 2 atom stereocenters. The zero-order chi connectivity index (χ0) is 12.0. The van der Waals surface area contributed by atoms with Gasteiger partial charge >= 0.3 is 0 Å². The highest BCUT2D eigenvalue weighted by Crippen LogP contribution is 2.17. The number of carbonyl (C=O) groups is 1. The van der Waals surface area contributed by atoms with Gasteiger partial charge in [-0.05, 0) is 32.2 Å². The van der Waals surface area contributed by atoms with Gasteiger partial charge in [-0.25, -0.2) is 0 Å². The van der Waals surface area contributed by atoms with Crippen LogP contribution in [0.5, 0.6) is 0 Å². The minimum atomic E-state index is 0. The van der Waals surface area contributed by atoms with Crippen LogP contribution in [-0.2, 0) is 4.79 Å². The van der Waals surface area contributed by atoms with Crippen LogP contribution in [0.15, 0.2) is 0 Å². The Morgan fingerprint density at radius 1 is 1.59 bits per heavy atom. The summed E-state index contributed by atoms with van der Waals surface area (Å²) in [4.78, 5) is 13.8. The number of carbonyl (C=O) groups excluding carboxylic acids is 1. The van der Waals surface area contributed by atoms with Crippen LogP contribution in [0.1, 0.15) is 33.1 Å². The van der Waals surface area contributed by atoms with Crippen molar-refractivity contribution in [3.63, 3.8) is 0 Å². The first-order chi connectivity index (χ1) is 7.63. The maximum Gasteiger partial charge on any atom is 0.221 e. The summed E-state index contributed by atoms with van der Waals surface area (Å²) < 4.78 is 0. The second-order valence-electron chi connectivity index (χ2n) is 4.93. The van der Waals surface area contributed by atoms with E-state index in [2.05, 4.69) is 24.1 Å². The number of rotatable bonds is 5. The molecular weight excluding hydrogens is 238 g/mol. The summed E-state index contributed by atoms with van der Waals surface area (Å²) in [5.41, 5.74) is 5.33. The van der Waals surface area contributed by atoms with E-state index < -0.39 is 0 Å². The summed E-state index contributed by atoms with van der Waals surface area (Å²) >= 11 is 0. The molecule has 1 amide bonds. The third-order valence-electron chi connectivity index (χ3n) is 3.28. The smallest absolute Gasteiger partial charge is 0.221 e. The Hall–Kier alpha value is -0.320. The molecule has 1 aliphatic heterocycles. The molecular formula is C12H26ClN3O. The van der Waals surface area contributed by atoms with E-state index in [4.69, 9.17) is 5.73 Å².